The van der Waals surface area contributed by atoms with Crippen LogP contribution < -0.4 is 13.6 Å². The maximum absolute atomic E-state index is 6.80. The van der Waals surface area contributed by atoms with E-state index in [1.54, 1.807) is 0 Å². The molecular formula is C33H50N4O8P4. The summed E-state index contributed by atoms with van der Waals surface area (Å²) in [6.07, 6.45) is 3.36. The third kappa shape index (κ3) is 11.9. The van der Waals surface area contributed by atoms with E-state index in [1.807, 2.05) is 126 Å². The maximum Gasteiger partial charge on any atom is 0.458 e. The minimum absolute atomic E-state index is 0.255. The lowest BCUT2D eigenvalue weighted by Gasteiger charge is -2.33. The Balaban J connectivity index is 2.22. The molecule has 270 valence electrons. The SMILES string of the molecule is CCCOP1(OCCC)=NP(OCCC)(OCCC)=NP(OCCC)(Oc2ccccc2)=NP(Oc2ccccc2)(Oc2ccccc2)=N1. The predicted molar refractivity (Wildman–Crippen MR) is 200 cm³/mol. The molecule has 49 heavy (non-hydrogen) atoms. The van der Waals surface area contributed by atoms with Crippen molar-refractivity contribution in [2.45, 2.75) is 66.7 Å². The summed E-state index contributed by atoms with van der Waals surface area (Å²) < 4.78 is 74.4. The maximum atomic E-state index is 6.80. The highest BCUT2D eigenvalue weighted by Crippen LogP contribution is 2.80. The van der Waals surface area contributed by atoms with Crippen LogP contribution >= 0.6 is 30.6 Å². The van der Waals surface area contributed by atoms with Crippen molar-refractivity contribution in [1.29, 1.82) is 0 Å². The van der Waals surface area contributed by atoms with Gasteiger partial charge >= 0.3 is 30.6 Å². The number of para-hydroxylation sites is 3. The Morgan fingerprint density at radius 2 is 0.592 bits per heavy atom. The number of rotatable bonds is 21. The first-order valence-corrected chi connectivity index (χ1v) is 23.0. The van der Waals surface area contributed by atoms with Crippen molar-refractivity contribution in [3.05, 3.63) is 91.0 Å². The van der Waals surface area contributed by atoms with Crippen molar-refractivity contribution in [3.8, 4) is 17.2 Å². The fraction of sp³-hybridized carbons (Fsp3) is 0.455. The van der Waals surface area contributed by atoms with Crippen molar-refractivity contribution >= 4 is 30.6 Å². The second-order valence-electron chi connectivity index (χ2n) is 10.7. The van der Waals surface area contributed by atoms with Crippen molar-refractivity contribution in [2.24, 2.45) is 18.1 Å². The van der Waals surface area contributed by atoms with Crippen LogP contribution in [0.2, 0.25) is 0 Å². The molecular weight excluding hydrogens is 704 g/mol. The molecule has 0 saturated carbocycles. The van der Waals surface area contributed by atoms with Gasteiger partial charge in [-0.05, 0) is 68.5 Å². The van der Waals surface area contributed by atoms with Gasteiger partial charge in [0.05, 0.1) is 33.0 Å². The third-order valence-electron chi connectivity index (χ3n) is 6.12. The van der Waals surface area contributed by atoms with Gasteiger partial charge in [0.15, 0.2) is 0 Å². The molecule has 0 aromatic heterocycles. The molecule has 1 unspecified atom stereocenters. The van der Waals surface area contributed by atoms with Crippen LogP contribution in [0.4, 0.5) is 0 Å². The van der Waals surface area contributed by atoms with Crippen LogP contribution in [-0.2, 0) is 22.6 Å². The Morgan fingerprint density at radius 1 is 0.347 bits per heavy atom. The fourth-order valence-electron chi connectivity index (χ4n) is 4.04. The lowest BCUT2D eigenvalue weighted by molar-refractivity contribution is 0.228. The van der Waals surface area contributed by atoms with E-state index in [0.717, 1.165) is 0 Å². The van der Waals surface area contributed by atoms with Gasteiger partial charge in [-0.3, -0.25) is 4.52 Å². The van der Waals surface area contributed by atoms with Gasteiger partial charge in [-0.15, -0.1) is 18.1 Å². The van der Waals surface area contributed by atoms with Crippen LogP contribution in [0.1, 0.15) is 66.7 Å². The van der Waals surface area contributed by atoms with Gasteiger partial charge in [-0.2, -0.15) is 0 Å². The molecule has 0 spiro atoms. The lowest BCUT2D eigenvalue weighted by atomic mass is 10.3. The van der Waals surface area contributed by atoms with Crippen LogP contribution in [0, 0.1) is 0 Å². The minimum Gasteiger partial charge on any atom is -0.422 e. The Bertz CT molecular complexity index is 1580. The molecule has 4 rings (SSSR count). The van der Waals surface area contributed by atoms with Gasteiger partial charge in [0.25, 0.3) is 0 Å². The van der Waals surface area contributed by atoms with Crippen molar-refractivity contribution < 1.29 is 36.2 Å². The van der Waals surface area contributed by atoms with E-state index in [9.17, 15) is 0 Å². The monoisotopic (exact) mass is 754 g/mol. The topological polar surface area (TPSA) is 123 Å². The van der Waals surface area contributed by atoms with E-state index in [4.69, 9.17) is 54.3 Å². The van der Waals surface area contributed by atoms with Gasteiger partial charge in [0, 0.05) is 0 Å². The van der Waals surface area contributed by atoms with Gasteiger partial charge in [-0.1, -0.05) is 89.2 Å². The molecule has 3 aromatic carbocycles. The third-order valence-corrected chi connectivity index (χ3v) is 17.3. The highest BCUT2D eigenvalue weighted by Gasteiger charge is 2.45. The summed E-state index contributed by atoms with van der Waals surface area (Å²) in [4.78, 5) is 0. The summed E-state index contributed by atoms with van der Waals surface area (Å²) in [7, 11) is -15.1. The highest BCUT2D eigenvalue weighted by molar-refractivity contribution is 7.78. The zero-order chi connectivity index (χ0) is 34.9. The lowest BCUT2D eigenvalue weighted by Crippen LogP contribution is -2.08. The molecule has 0 N–H and O–H groups in total. The van der Waals surface area contributed by atoms with E-state index in [1.165, 1.54) is 0 Å². The molecule has 1 aliphatic heterocycles. The molecule has 0 amide bonds. The molecule has 0 saturated heterocycles. The summed E-state index contributed by atoms with van der Waals surface area (Å²) in [5.74, 6) is 1.40. The van der Waals surface area contributed by atoms with Crippen molar-refractivity contribution in [2.75, 3.05) is 33.0 Å². The van der Waals surface area contributed by atoms with E-state index >= 15 is 0 Å². The number of nitrogens with zero attached hydrogens (tertiary/aromatic N) is 4. The van der Waals surface area contributed by atoms with E-state index in [2.05, 4.69) is 0 Å². The first-order valence-electron chi connectivity index (χ1n) is 16.9. The van der Waals surface area contributed by atoms with Gasteiger partial charge in [0.1, 0.15) is 17.2 Å². The quantitative estimate of drug-likeness (QED) is 0.0985. The minimum atomic E-state index is -3.95. The number of hydrogen-bond donors (Lipinski definition) is 0. The van der Waals surface area contributed by atoms with E-state index in [0.29, 0.717) is 62.6 Å². The zero-order valence-corrected chi connectivity index (χ0v) is 32.7. The van der Waals surface area contributed by atoms with E-state index < -0.39 is 30.6 Å². The molecule has 0 bridgehead atoms. The van der Waals surface area contributed by atoms with Crippen LogP contribution in [0.15, 0.2) is 109 Å². The standard InChI is InChI=1S/C33H50N4O8P4/c1-6-26-38-46(39-27-7-2)34-47(40-28-8-3,41-29-9-4)36-49(44-32-22-16-12-17-23-32,45-33-24-18-13-19-25-33)37-48(35-46,42-30-10-5)43-31-20-14-11-15-21-31/h11-25H,6-10,26-30H2,1-5H3. The Labute approximate surface area is 292 Å². The number of benzene rings is 3. The molecule has 0 aliphatic carbocycles. The van der Waals surface area contributed by atoms with Crippen LogP contribution in [0.25, 0.3) is 0 Å². The summed E-state index contributed by atoms with van der Waals surface area (Å²) in [5, 5.41) is 0. The predicted octanol–water partition coefficient (Wildman–Crippen LogP) is 13.2. The summed E-state index contributed by atoms with van der Waals surface area (Å²) in [6, 6.07) is 27.8. The Hall–Kier alpha value is -2.22. The van der Waals surface area contributed by atoms with Crippen molar-refractivity contribution in [3.63, 3.8) is 0 Å². The average Bonchev–Trinajstić information content (AvgIpc) is 3.11. The summed E-state index contributed by atoms with van der Waals surface area (Å²) in [5.41, 5.74) is 0. The van der Waals surface area contributed by atoms with Crippen LogP contribution in [0.3, 0.4) is 0 Å². The second kappa shape index (κ2) is 20.0. The number of hydrogen-bond acceptors (Lipinski definition) is 12. The molecule has 16 heteroatoms. The molecule has 3 aromatic rings. The normalized spacial score (nSPS) is 19.1. The zero-order valence-electron chi connectivity index (χ0n) is 29.1. The molecule has 1 heterocycles. The molecule has 0 radical (unpaired) electrons. The van der Waals surface area contributed by atoms with Gasteiger partial charge in [0.2, 0.25) is 0 Å². The molecule has 12 nitrogen and oxygen atoms in total. The Kier molecular flexibility index (Phi) is 16.1. The smallest absolute Gasteiger partial charge is 0.422 e. The second-order valence-corrected chi connectivity index (χ2v) is 19.3. The average molecular weight is 755 g/mol. The fourth-order valence-corrected chi connectivity index (χ4v) is 16.9. The first kappa shape index (κ1) is 39.6. The summed E-state index contributed by atoms with van der Waals surface area (Å²) >= 11 is 0. The van der Waals surface area contributed by atoms with Crippen LogP contribution in [0.5, 0.6) is 17.2 Å². The van der Waals surface area contributed by atoms with Gasteiger partial charge < -0.3 is 31.7 Å². The largest absolute Gasteiger partial charge is 0.458 e. The highest BCUT2D eigenvalue weighted by atomic mass is 31.3. The molecule has 0 fully saturated rings. The summed E-state index contributed by atoms with van der Waals surface area (Å²) in [6.45, 7) is 11.4. The van der Waals surface area contributed by atoms with E-state index in [-0.39, 0.29) is 19.8 Å². The first-order chi connectivity index (χ1) is 23.9. The Morgan fingerprint density at radius 3 is 0.918 bits per heavy atom. The molecule has 1 atom stereocenters. The van der Waals surface area contributed by atoms with Crippen molar-refractivity contribution in [1.82, 2.24) is 0 Å². The van der Waals surface area contributed by atoms with Crippen LogP contribution in [-0.4, -0.2) is 33.0 Å². The van der Waals surface area contributed by atoms with Gasteiger partial charge in [-0.25, -0.2) is 0 Å². The molecule has 1 aliphatic rings.